The molecule has 0 aliphatic heterocycles. The molecule has 1 saturated carbocycles. The minimum atomic E-state index is -3.53. The van der Waals surface area contributed by atoms with Crippen molar-refractivity contribution < 1.29 is 22.1 Å². The summed E-state index contributed by atoms with van der Waals surface area (Å²) in [6, 6.07) is 9.37. The van der Waals surface area contributed by atoms with Crippen molar-refractivity contribution >= 4 is 16.1 Å². The standard InChI is InChI=1S/C37H54O5S/c1-24(2)14-18-31(42-43(8,39)40)25(3)28-16-17-29-27-15-19-32-35(4,5)33(41-34(38)26-12-10-9-11-13-26)21-23-37(32,7)30(27)20-22-36(28,29)6/h9-13,17,24-25,28,31-33H,14-16,18-23H2,1-8H3/t25-,28+,31-,32-,33-,36+,37+/m0/s1. The van der Waals surface area contributed by atoms with Crippen LogP contribution in [-0.2, 0) is 19.0 Å². The molecular weight excluding hydrogens is 556 g/mol. The van der Waals surface area contributed by atoms with Gasteiger partial charge < -0.3 is 4.74 Å². The maximum Gasteiger partial charge on any atom is 0.338 e. The largest absolute Gasteiger partial charge is 0.458 e. The van der Waals surface area contributed by atoms with Crippen LogP contribution in [0.2, 0.25) is 0 Å². The number of rotatable bonds is 9. The van der Waals surface area contributed by atoms with Crippen LogP contribution in [0.5, 0.6) is 0 Å². The van der Waals surface area contributed by atoms with Gasteiger partial charge in [0, 0.05) is 5.41 Å². The van der Waals surface area contributed by atoms with Gasteiger partial charge in [0.15, 0.2) is 0 Å². The van der Waals surface area contributed by atoms with E-state index in [9.17, 15) is 13.2 Å². The SMILES string of the molecule is CC(C)CC[C@H](OS(C)(=O)=O)[C@@H](C)[C@H]1CC=C2C3=C(CC[C@@]21C)[C@@]1(C)CC[C@H](OC(=O)c2ccccc2)C(C)(C)[C@@H]1CC3. The number of esters is 1. The van der Waals surface area contributed by atoms with Crippen molar-refractivity contribution in [2.24, 2.45) is 39.9 Å². The minimum absolute atomic E-state index is 0.0380. The van der Waals surface area contributed by atoms with Gasteiger partial charge in [0.25, 0.3) is 10.1 Å². The molecule has 238 valence electrons. The molecule has 1 fully saturated rings. The molecule has 0 spiro atoms. The molecular formula is C37H54O5S. The molecule has 1 aromatic rings. The Morgan fingerprint density at radius 3 is 2.30 bits per heavy atom. The zero-order chi connectivity index (χ0) is 31.4. The first-order chi connectivity index (χ1) is 20.1. The van der Waals surface area contributed by atoms with E-state index in [4.69, 9.17) is 8.92 Å². The smallest absolute Gasteiger partial charge is 0.338 e. The van der Waals surface area contributed by atoms with Gasteiger partial charge in [-0.15, -0.1) is 0 Å². The highest BCUT2D eigenvalue weighted by Crippen LogP contribution is 2.67. The lowest BCUT2D eigenvalue weighted by Crippen LogP contribution is -2.54. The topological polar surface area (TPSA) is 69.7 Å². The first-order valence-corrected chi connectivity index (χ1v) is 18.5. The fourth-order valence-corrected chi connectivity index (χ4v) is 10.6. The molecule has 0 heterocycles. The van der Waals surface area contributed by atoms with E-state index < -0.39 is 10.1 Å². The Morgan fingerprint density at radius 2 is 1.65 bits per heavy atom. The first kappa shape index (κ1) is 32.5. The molecule has 0 saturated heterocycles. The van der Waals surface area contributed by atoms with Crippen LogP contribution in [0, 0.1) is 39.9 Å². The van der Waals surface area contributed by atoms with Gasteiger partial charge >= 0.3 is 5.97 Å². The second-order valence-corrected chi connectivity index (χ2v) is 17.2. The number of benzene rings is 1. The summed E-state index contributed by atoms with van der Waals surface area (Å²) in [5, 5.41) is 0. The monoisotopic (exact) mass is 610 g/mol. The predicted octanol–water partition coefficient (Wildman–Crippen LogP) is 8.91. The fraction of sp³-hybridized carbons (Fsp3) is 0.703. The number of allylic oxidation sites excluding steroid dienone is 4. The quantitative estimate of drug-likeness (QED) is 0.206. The third-order valence-electron chi connectivity index (χ3n) is 12.2. The molecule has 0 unspecified atom stereocenters. The maximum absolute atomic E-state index is 13.0. The molecule has 5 rings (SSSR count). The van der Waals surface area contributed by atoms with Crippen LogP contribution >= 0.6 is 0 Å². The maximum atomic E-state index is 13.0. The molecule has 0 aromatic heterocycles. The van der Waals surface area contributed by atoms with Crippen molar-refractivity contribution in [2.75, 3.05) is 6.26 Å². The van der Waals surface area contributed by atoms with Crippen LogP contribution in [0.1, 0.15) is 117 Å². The summed E-state index contributed by atoms with van der Waals surface area (Å²) in [5.74, 6) is 1.26. The Hall–Kier alpha value is -1.92. The number of carbonyl (C=O) groups excluding carboxylic acids is 1. The van der Waals surface area contributed by atoms with Crippen LogP contribution in [0.4, 0.5) is 0 Å². The van der Waals surface area contributed by atoms with Crippen LogP contribution in [0.25, 0.3) is 0 Å². The van der Waals surface area contributed by atoms with Crippen molar-refractivity contribution in [1.29, 1.82) is 0 Å². The van der Waals surface area contributed by atoms with Crippen LogP contribution in [0.15, 0.2) is 53.1 Å². The van der Waals surface area contributed by atoms with E-state index in [-0.39, 0.29) is 40.3 Å². The Bertz CT molecular complexity index is 1370. The van der Waals surface area contributed by atoms with Crippen molar-refractivity contribution in [3.8, 4) is 0 Å². The van der Waals surface area contributed by atoms with E-state index in [0.717, 1.165) is 57.8 Å². The van der Waals surface area contributed by atoms with Crippen molar-refractivity contribution in [2.45, 2.75) is 118 Å². The van der Waals surface area contributed by atoms with Gasteiger partial charge in [-0.3, -0.25) is 4.18 Å². The van der Waals surface area contributed by atoms with Gasteiger partial charge in [-0.1, -0.05) is 78.3 Å². The zero-order valence-electron chi connectivity index (χ0n) is 27.7. The fourth-order valence-electron chi connectivity index (χ4n) is 9.86. The molecule has 4 aliphatic carbocycles. The van der Waals surface area contributed by atoms with Crippen LogP contribution in [0.3, 0.4) is 0 Å². The molecule has 43 heavy (non-hydrogen) atoms. The first-order valence-electron chi connectivity index (χ1n) is 16.7. The summed E-state index contributed by atoms with van der Waals surface area (Å²) in [4.78, 5) is 13.0. The number of hydrogen-bond donors (Lipinski definition) is 0. The number of hydrogen-bond acceptors (Lipinski definition) is 5. The minimum Gasteiger partial charge on any atom is -0.458 e. The molecule has 0 N–H and O–H groups in total. The summed E-state index contributed by atoms with van der Waals surface area (Å²) in [5.41, 5.74) is 5.39. The highest BCUT2D eigenvalue weighted by Gasteiger charge is 2.58. The summed E-state index contributed by atoms with van der Waals surface area (Å²) in [6.45, 7) is 16.2. The summed E-state index contributed by atoms with van der Waals surface area (Å²) < 4.78 is 36.5. The van der Waals surface area contributed by atoms with Crippen molar-refractivity contribution in [3.63, 3.8) is 0 Å². The Labute approximate surface area is 261 Å². The van der Waals surface area contributed by atoms with E-state index in [0.29, 0.717) is 23.3 Å². The molecule has 0 radical (unpaired) electrons. The third-order valence-corrected chi connectivity index (χ3v) is 12.8. The molecule has 0 amide bonds. The molecule has 4 aliphatic rings. The Kier molecular flexibility index (Phi) is 8.90. The van der Waals surface area contributed by atoms with Gasteiger partial charge in [-0.05, 0) is 116 Å². The summed E-state index contributed by atoms with van der Waals surface area (Å²) in [6.07, 6.45) is 12.3. The molecule has 1 aromatic carbocycles. The van der Waals surface area contributed by atoms with Gasteiger partial charge in [0.2, 0.25) is 0 Å². The lowest BCUT2D eigenvalue weighted by atomic mass is 9.46. The Balaban J connectivity index is 1.37. The van der Waals surface area contributed by atoms with E-state index in [2.05, 4.69) is 54.5 Å². The van der Waals surface area contributed by atoms with Gasteiger partial charge in [-0.25, -0.2) is 4.79 Å². The molecule has 5 nitrogen and oxygen atoms in total. The lowest BCUT2D eigenvalue weighted by Gasteiger charge is -2.59. The second kappa shape index (κ2) is 11.8. The lowest BCUT2D eigenvalue weighted by molar-refractivity contribution is -0.0994. The van der Waals surface area contributed by atoms with E-state index in [1.807, 2.05) is 30.3 Å². The van der Waals surface area contributed by atoms with E-state index in [1.165, 1.54) is 11.8 Å². The predicted molar refractivity (Wildman–Crippen MR) is 173 cm³/mol. The normalized spacial score (nSPS) is 33.2. The van der Waals surface area contributed by atoms with Gasteiger partial charge in [0.05, 0.1) is 17.9 Å². The summed E-state index contributed by atoms with van der Waals surface area (Å²) in [7, 11) is -3.53. The average Bonchev–Trinajstić information content (AvgIpc) is 3.29. The number of ether oxygens (including phenoxy) is 1. The number of carbonyl (C=O) groups is 1. The van der Waals surface area contributed by atoms with E-state index >= 15 is 0 Å². The molecule has 6 heteroatoms. The van der Waals surface area contributed by atoms with Crippen LogP contribution < -0.4 is 0 Å². The highest BCUT2D eigenvalue weighted by molar-refractivity contribution is 7.86. The summed E-state index contributed by atoms with van der Waals surface area (Å²) >= 11 is 0. The van der Waals surface area contributed by atoms with Crippen molar-refractivity contribution in [3.05, 3.63) is 58.7 Å². The Morgan fingerprint density at radius 1 is 0.953 bits per heavy atom. The van der Waals surface area contributed by atoms with Gasteiger partial charge in [0.1, 0.15) is 6.10 Å². The van der Waals surface area contributed by atoms with E-state index in [1.54, 1.807) is 11.1 Å². The zero-order valence-corrected chi connectivity index (χ0v) is 28.6. The van der Waals surface area contributed by atoms with Crippen LogP contribution in [-0.4, -0.2) is 32.9 Å². The third kappa shape index (κ3) is 6.04. The van der Waals surface area contributed by atoms with Gasteiger partial charge in [-0.2, -0.15) is 8.42 Å². The molecule has 7 atom stereocenters. The molecule has 0 bridgehead atoms. The number of fused-ring (bicyclic) bond motifs is 4. The second-order valence-electron chi connectivity index (χ2n) is 15.6. The average molecular weight is 611 g/mol. The van der Waals surface area contributed by atoms with Crippen molar-refractivity contribution in [1.82, 2.24) is 0 Å². The highest BCUT2D eigenvalue weighted by atomic mass is 32.2.